The minimum Gasteiger partial charge on any atom is -0.493 e. The molecule has 0 fully saturated rings. The molecule has 6 nitrogen and oxygen atoms in total. The number of thiazole rings is 1. The van der Waals surface area contributed by atoms with Crippen LogP contribution < -0.4 is 14.3 Å². The molecule has 1 aromatic heterocycles. The van der Waals surface area contributed by atoms with Crippen molar-refractivity contribution in [2.75, 3.05) is 14.2 Å². The molecule has 0 saturated heterocycles. The lowest BCUT2D eigenvalue weighted by Gasteiger charge is -2.19. The molecule has 0 aliphatic rings. The van der Waals surface area contributed by atoms with Gasteiger partial charge in [-0.2, -0.15) is 8.78 Å². The zero-order valence-corrected chi connectivity index (χ0v) is 14.8. The summed E-state index contributed by atoms with van der Waals surface area (Å²) in [6.07, 6.45) is 0. The highest BCUT2D eigenvalue weighted by molar-refractivity contribution is 7.07. The van der Waals surface area contributed by atoms with E-state index in [1.54, 1.807) is 25.4 Å². The van der Waals surface area contributed by atoms with E-state index in [1.807, 2.05) is 0 Å². The molecule has 2 aromatic rings. The van der Waals surface area contributed by atoms with Crippen molar-refractivity contribution in [1.82, 2.24) is 9.47 Å². The van der Waals surface area contributed by atoms with Gasteiger partial charge in [-0.05, 0) is 24.6 Å². The van der Waals surface area contributed by atoms with Crippen LogP contribution in [0, 0.1) is 6.92 Å². The number of carbonyl (C=O) groups excluding carboxylic acids is 1. The Kier molecular flexibility index (Phi) is 6.13. The third-order valence-corrected chi connectivity index (χ3v) is 4.44. The zero-order valence-electron chi connectivity index (χ0n) is 14.0. The largest absolute Gasteiger partial charge is 0.493 e. The fourth-order valence-electron chi connectivity index (χ4n) is 2.22. The molecule has 0 unspecified atom stereocenters. The van der Waals surface area contributed by atoms with Gasteiger partial charge in [0.15, 0.2) is 11.5 Å². The van der Waals surface area contributed by atoms with Gasteiger partial charge in [-0.15, -0.1) is 0 Å². The van der Waals surface area contributed by atoms with Gasteiger partial charge in [0, 0.05) is 24.7 Å². The maximum atomic E-state index is 12.5. The summed E-state index contributed by atoms with van der Waals surface area (Å²) in [7, 11) is 2.93. The number of halogens is 2. The van der Waals surface area contributed by atoms with E-state index >= 15 is 0 Å². The number of aryl methyl sites for hydroxylation is 1. The zero-order chi connectivity index (χ0) is 18.6. The summed E-state index contributed by atoms with van der Waals surface area (Å²) in [6, 6.07) is 4.55. The summed E-state index contributed by atoms with van der Waals surface area (Å²) in [5.74, 6) is -0.185. The lowest BCUT2D eigenvalue weighted by Crippen LogP contribution is -2.32. The molecular formula is C16H18F2N2O4S. The SMILES string of the molecule is COc1ccc(CN(C)C(=O)Cn2c(C)csc2=O)cc1OC(F)F. The first-order chi connectivity index (χ1) is 11.8. The van der Waals surface area contributed by atoms with E-state index in [-0.39, 0.29) is 35.4 Å². The molecule has 0 bridgehead atoms. The summed E-state index contributed by atoms with van der Waals surface area (Å²) in [4.78, 5) is 25.2. The van der Waals surface area contributed by atoms with Crippen LogP contribution in [-0.2, 0) is 17.9 Å². The maximum absolute atomic E-state index is 12.5. The number of carbonyl (C=O) groups is 1. The molecule has 2 rings (SSSR count). The first-order valence-corrected chi connectivity index (χ1v) is 8.20. The van der Waals surface area contributed by atoms with Gasteiger partial charge in [0.1, 0.15) is 6.54 Å². The number of rotatable bonds is 7. The van der Waals surface area contributed by atoms with Crippen LogP contribution in [0.5, 0.6) is 11.5 Å². The molecule has 136 valence electrons. The van der Waals surface area contributed by atoms with Crippen molar-refractivity contribution in [3.63, 3.8) is 0 Å². The molecule has 0 aliphatic heterocycles. The minimum absolute atomic E-state index is 0.0682. The van der Waals surface area contributed by atoms with Crippen LogP contribution in [0.2, 0.25) is 0 Å². The summed E-state index contributed by atoms with van der Waals surface area (Å²) < 4.78 is 35.7. The second kappa shape index (κ2) is 8.11. The van der Waals surface area contributed by atoms with E-state index < -0.39 is 6.61 Å². The fourth-order valence-corrected chi connectivity index (χ4v) is 2.96. The van der Waals surface area contributed by atoms with Crippen LogP contribution in [0.25, 0.3) is 0 Å². The van der Waals surface area contributed by atoms with Crippen LogP contribution in [0.15, 0.2) is 28.4 Å². The molecule has 1 heterocycles. The Bertz CT molecular complexity index is 804. The van der Waals surface area contributed by atoms with Gasteiger partial charge in [0.05, 0.1) is 7.11 Å². The number of aromatic nitrogens is 1. The predicted octanol–water partition coefficient (Wildman–Crippen LogP) is 2.49. The van der Waals surface area contributed by atoms with Crippen LogP contribution in [-0.4, -0.2) is 36.1 Å². The first kappa shape index (κ1) is 18.9. The van der Waals surface area contributed by atoms with Crippen LogP contribution in [0.4, 0.5) is 8.78 Å². The van der Waals surface area contributed by atoms with E-state index in [0.717, 1.165) is 11.3 Å². The molecule has 0 spiro atoms. The maximum Gasteiger partial charge on any atom is 0.387 e. The van der Waals surface area contributed by atoms with Crippen LogP contribution in [0.1, 0.15) is 11.3 Å². The number of hydrogen-bond donors (Lipinski definition) is 0. The van der Waals surface area contributed by atoms with Gasteiger partial charge in [-0.1, -0.05) is 17.4 Å². The Hall–Kier alpha value is -2.42. The number of alkyl halides is 2. The van der Waals surface area contributed by atoms with Crippen molar-refractivity contribution < 1.29 is 23.0 Å². The van der Waals surface area contributed by atoms with Crippen molar-refractivity contribution in [2.24, 2.45) is 0 Å². The van der Waals surface area contributed by atoms with Crippen molar-refractivity contribution in [3.05, 3.63) is 44.5 Å². The Labute approximate surface area is 147 Å². The summed E-state index contributed by atoms with van der Waals surface area (Å²) in [5, 5.41) is 1.69. The van der Waals surface area contributed by atoms with Gasteiger partial charge in [-0.3, -0.25) is 14.2 Å². The van der Waals surface area contributed by atoms with E-state index in [4.69, 9.17) is 4.74 Å². The molecule has 1 amide bonds. The summed E-state index contributed by atoms with van der Waals surface area (Å²) >= 11 is 1.04. The molecule has 0 radical (unpaired) electrons. The standard InChI is InChI=1S/C16H18F2N2O4S/c1-10-9-25-16(22)20(10)8-14(21)19(2)7-11-4-5-12(23-3)13(6-11)24-15(17)18/h4-6,9,15H,7-8H2,1-3H3. The highest BCUT2D eigenvalue weighted by Crippen LogP contribution is 2.29. The summed E-state index contributed by atoms with van der Waals surface area (Å²) in [6.45, 7) is -1.11. The van der Waals surface area contributed by atoms with Crippen molar-refractivity contribution >= 4 is 17.2 Å². The Morgan fingerprint density at radius 1 is 1.36 bits per heavy atom. The topological polar surface area (TPSA) is 60.8 Å². The van der Waals surface area contributed by atoms with Crippen molar-refractivity contribution in [1.29, 1.82) is 0 Å². The average Bonchev–Trinajstić information content (AvgIpc) is 2.86. The smallest absolute Gasteiger partial charge is 0.387 e. The number of amides is 1. The number of hydrogen-bond acceptors (Lipinski definition) is 5. The number of nitrogens with zero attached hydrogens (tertiary/aromatic N) is 2. The number of ether oxygens (including phenoxy) is 2. The van der Waals surface area contributed by atoms with E-state index in [9.17, 15) is 18.4 Å². The molecule has 25 heavy (non-hydrogen) atoms. The summed E-state index contributed by atoms with van der Waals surface area (Å²) in [5.41, 5.74) is 1.32. The second-order valence-electron chi connectivity index (χ2n) is 5.34. The normalized spacial score (nSPS) is 10.8. The van der Waals surface area contributed by atoms with E-state index in [1.165, 1.54) is 28.7 Å². The van der Waals surface area contributed by atoms with E-state index in [2.05, 4.69) is 4.74 Å². The Morgan fingerprint density at radius 3 is 2.64 bits per heavy atom. The second-order valence-corrected chi connectivity index (χ2v) is 6.16. The quantitative estimate of drug-likeness (QED) is 0.749. The van der Waals surface area contributed by atoms with E-state index in [0.29, 0.717) is 11.3 Å². The average molecular weight is 372 g/mol. The predicted molar refractivity (Wildman–Crippen MR) is 89.4 cm³/mol. The van der Waals surface area contributed by atoms with Gasteiger partial charge in [-0.25, -0.2) is 0 Å². The van der Waals surface area contributed by atoms with Gasteiger partial charge in [0.25, 0.3) is 0 Å². The molecule has 9 heteroatoms. The number of benzene rings is 1. The molecule has 1 aromatic carbocycles. The van der Waals surface area contributed by atoms with Gasteiger partial charge in [0.2, 0.25) is 5.91 Å². The number of methoxy groups -OCH3 is 1. The van der Waals surface area contributed by atoms with Crippen molar-refractivity contribution in [2.45, 2.75) is 26.6 Å². The van der Waals surface area contributed by atoms with Gasteiger partial charge >= 0.3 is 11.5 Å². The Morgan fingerprint density at radius 2 is 2.08 bits per heavy atom. The minimum atomic E-state index is -2.98. The Balaban J connectivity index is 2.10. The molecular weight excluding hydrogens is 354 g/mol. The van der Waals surface area contributed by atoms with Crippen LogP contribution >= 0.6 is 11.3 Å². The lowest BCUT2D eigenvalue weighted by molar-refractivity contribution is -0.131. The number of likely N-dealkylation sites (N-methyl/N-ethyl adjacent to an activating group) is 1. The molecule has 0 aliphatic carbocycles. The monoisotopic (exact) mass is 372 g/mol. The van der Waals surface area contributed by atoms with Gasteiger partial charge < -0.3 is 14.4 Å². The first-order valence-electron chi connectivity index (χ1n) is 7.32. The highest BCUT2D eigenvalue weighted by Gasteiger charge is 2.15. The molecule has 0 N–H and O–H groups in total. The third kappa shape index (κ3) is 4.79. The lowest BCUT2D eigenvalue weighted by atomic mass is 10.2. The third-order valence-electron chi connectivity index (χ3n) is 3.56. The molecule has 0 saturated carbocycles. The highest BCUT2D eigenvalue weighted by atomic mass is 32.1. The van der Waals surface area contributed by atoms with Crippen LogP contribution in [0.3, 0.4) is 0 Å². The van der Waals surface area contributed by atoms with Crippen molar-refractivity contribution in [3.8, 4) is 11.5 Å². The fraction of sp³-hybridized carbons (Fsp3) is 0.375. The molecule has 0 atom stereocenters.